The number of hydrogen-bond donors (Lipinski definition) is 2. The number of ether oxygens (including phenoxy) is 3. The zero-order chi connectivity index (χ0) is 30.2. The van der Waals surface area contributed by atoms with Gasteiger partial charge in [0.1, 0.15) is 19.3 Å². The Kier molecular flexibility index (Phi) is 8.09. The van der Waals surface area contributed by atoms with E-state index in [-0.39, 0.29) is 12.1 Å². The van der Waals surface area contributed by atoms with Gasteiger partial charge in [0.05, 0.1) is 38.1 Å². The molecule has 0 radical (unpaired) electrons. The van der Waals surface area contributed by atoms with Gasteiger partial charge in [-0.15, -0.1) is 22.7 Å². The van der Waals surface area contributed by atoms with E-state index in [2.05, 4.69) is 38.4 Å². The Labute approximate surface area is 270 Å². The number of rotatable bonds is 8. The highest BCUT2D eigenvalue weighted by Gasteiger charge is 2.43. The highest BCUT2D eigenvalue weighted by atomic mass is 32.1. The topological polar surface area (TPSA) is 89.0 Å². The molecule has 3 aliphatic heterocycles. The van der Waals surface area contributed by atoms with E-state index in [4.69, 9.17) is 14.2 Å². The molecular formula is C35H34N4O4S2. The second-order valence-electron chi connectivity index (χ2n) is 11.6. The molecule has 0 aliphatic carbocycles. The summed E-state index contributed by atoms with van der Waals surface area (Å²) < 4.78 is 18.5. The van der Waals surface area contributed by atoms with Gasteiger partial charge in [0, 0.05) is 29.9 Å². The Morgan fingerprint density at radius 2 is 1.62 bits per heavy atom. The average Bonchev–Trinajstić information content (AvgIpc) is 3.89. The number of nitrogens with zero attached hydrogens (tertiary/aromatic N) is 3. The number of pyridine rings is 2. The maximum absolute atomic E-state index is 11.5. The van der Waals surface area contributed by atoms with Crippen LogP contribution in [0.1, 0.15) is 46.6 Å². The van der Waals surface area contributed by atoms with Gasteiger partial charge in [0.15, 0.2) is 17.8 Å². The first-order valence-electron chi connectivity index (χ1n) is 15.4. The zero-order valence-electron chi connectivity index (χ0n) is 24.6. The van der Waals surface area contributed by atoms with Gasteiger partial charge in [-0.3, -0.25) is 14.9 Å². The first kappa shape index (κ1) is 28.8. The summed E-state index contributed by atoms with van der Waals surface area (Å²) in [5, 5.41) is 15.6. The van der Waals surface area contributed by atoms with Crippen molar-refractivity contribution in [2.45, 2.75) is 43.4 Å². The predicted octanol–water partition coefficient (Wildman–Crippen LogP) is 6.63. The second-order valence-corrected chi connectivity index (χ2v) is 13.8. The van der Waals surface area contributed by atoms with Crippen molar-refractivity contribution in [1.29, 1.82) is 0 Å². The lowest BCUT2D eigenvalue weighted by molar-refractivity contribution is -0.155. The molecule has 8 nitrogen and oxygen atoms in total. The fourth-order valence-corrected chi connectivity index (χ4v) is 8.72. The minimum atomic E-state index is -1.11. The Bertz CT molecular complexity index is 1750. The summed E-state index contributed by atoms with van der Waals surface area (Å²) in [6.07, 6.45) is 4.37. The van der Waals surface area contributed by atoms with E-state index in [9.17, 15) is 5.11 Å². The van der Waals surface area contributed by atoms with Crippen LogP contribution in [0.5, 0.6) is 11.5 Å². The predicted molar refractivity (Wildman–Crippen MR) is 176 cm³/mol. The van der Waals surface area contributed by atoms with Crippen LogP contribution < -0.4 is 14.8 Å². The molecule has 5 atom stereocenters. The maximum Gasteiger partial charge on any atom is 0.191 e. The highest BCUT2D eigenvalue weighted by molar-refractivity contribution is 7.15. The number of thiophene rings is 2. The maximum atomic E-state index is 11.5. The van der Waals surface area contributed by atoms with E-state index in [1.807, 2.05) is 66.9 Å². The second kappa shape index (κ2) is 12.6. The highest BCUT2D eigenvalue weighted by Crippen LogP contribution is 2.43. The molecule has 0 bridgehead atoms. The molecule has 7 heterocycles. The molecule has 3 aliphatic rings. The third-order valence-corrected chi connectivity index (χ3v) is 11.1. The average molecular weight is 639 g/mol. The van der Waals surface area contributed by atoms with Crippen molar-refractivity contribution in [2.24, 2.45) is 0 Å². The summed E-state index contributed by atoms with van der Waals surface area (Å²) in [6.45, 7) is 2.90. The zero-order valence-corrected chi connectivity index (χ0v) is 26.3. The molecule has 0 amide bonds. The number of nitrogens with one attached hydrogen (secondary N) is 1. The molecule has 4 aromatic heterocycles. The largest absolute Gasteiger partial charge is 0.486 e. The van der Waals surface area contributed by atoms with E-state index in [0.717, 1.165) is 63.3 Å². The number of hydrogen-bond acceptors (Lipinski definition) is 10. The first-order chi connectivity index (χ1) is 22.2. The number of benzene rings is 1. The summed E-state index contributed by atoms with van der Waals surface area (Å²) in [7, 11) is 0. The Morgan fingerprint density at radius 3 is 2.40 bits per heavy atom. The van der Waals surface area contributed by atoms with Crippen LogP contribution in [-0.2, 0) is 4.74 Å². The lowest BCUT2D eigenvalue weighted by atomic mass is 9.93. The summed E-state index contributed by atoms with van der Waals surface area (Å²) in [5.41, 5.74) is 2.81. The van der Waals surface area contributed by atoms with E-state index in [1.54, 1.807) is 17.5 Å². The molecule has 1 aromatic carbocycles. The van der Waals surface area contributed by atoms with Crippen LogP contribution in [0.2, 0.25) is 0 Å². The van der Waals surface area contributed by atoms with Gasteiger partial charge < -0.3 is 24.6 Å². The molecule has 0 saturated carbocycles. The number of aromatic nitrogens is 2. The Hall–Kier alpha value is -3.64. The van der Waals surface area contributed by atoms with Gasteiger partial charge in [0.25, 0.3) is 0 Å². The molecule has 8 rings (SSSR count). The quantitative estimate of drug-likeness (QED) is 0.183. The summed E-state index contributed by atoms with van der Waals surface area (Å²) in [6, 6.07) is 26.7. The SMILES string of the molecule is OC(OC(c1ccc2c(c1)OCCO2)[C@H]1CN2CCCC2C(c2ccc(-c3ccccn3)s2)N1)c1ccc(-c2ccccn2)s1. The normalized spacial score (nSPS) is 22.6. The van der Waals surface area contributed by atoms with E-state index >= 15 is 0 Å². The third-order valence-electron chi connectivity index (χ3n) is 8.80. The van der Waals surface area contributed by atoms with Gasteiger partial charge in [-0.25, -0.2) is 0 Å². The summed E-state index contributed by atoms with van der Waals surface area (Å²) in [5.74, 6) is 1.44. The van der Waals surface area contributed by atoms with Crippen molar-refractivity contribution in [3.8, 4) is 32.6 Å². The molecule has 0 spiro atoms. The van der Waals surface area contributed by atoms with Gasteiger partial charge in [-0.05, 0) is 85.6 Å². The molecular weight excluding hydrogens is 605 g/mol. The fraction of sp³-hybridized carbons (Fsp3) is 0.314. The minimum Gasteiger partial charge on any atom is -0.486 e. The van der Waals surface area contributed by atoms with E-state index in [0.29, 0.717) is 25.0 Å². The van der Waals surface area contributed by atoms with Crippen LogP contribution in [0.25, 0.3) is 21.1 Å². The van der Waals surface area contributed by atoms with Crippen molar-refractivity contribution in [1.82, 2.24) is 20.2 Å². The van der Waals surface area contributed by atoms with Crippen LogP contribution >= 0.6 is 22.7 Å². The molecule has 4 unspecified atom stereocenters. The molecule has 2 saturated heterocycles. The van der Waals surface area contributed by atoms with Crippen LogP contribution in [0, 0.1) is 0 Å². The summed E-state index contributed by atoms with van der Waals surface area (Å²) >= 11 is 3.30. The number of aliphatic hydroxyl groups is 1. The Morgan fingerprint density at radius 1 is 0.867 bits per heavy atom. The molecule has 2 fully saturated rings. The standard InChI is InChI=1S/C35H34N4O4S2/c40-35(32-14-12-30(45-32)24-7-2-4-16-37-24)43-34(22-9-10-27-28(20-22)42-19-18-41-27)25-21-39-17-5-8-26(39)33(38-25)31-13-11-29(44-31)23-6-1-3-15-36-23/h1-4,6-7,9-16,20,25-26,33-35,38,40H,5,8,17-19,21H2/t25-,26?,33?,34?,35?/m1/s1. The molecule has 10 heteroatoms. The van der Waals surface area contributed by atoms with Crippen molar-refractivity contribution >= 4 is 22.7 Å². The fourth-order valence-electron chi connectivity index (χ4n) is 6.70. The van der Waals surface area contributed by atoms with Crippen LogP contribution in [0.3, 0.4) is 0 Å². The van der Waals surface area contributed by atoms with Crippen molar-refractivity contribution in [3.05, 3.63) is 107 Å². The minimum absolute atomic E-state index is 0.0859. The van der Waals surface area contributed by atoms with Crippen molar-refractivity contribution in [3.63, 3.8) is 0 Å². The smallest absolute Gasteiger partial charge is 0.191 e. The molecule has 230 valence electrons. The number of piperazine rings is 1. The van der Waals surface area contributed by atoms with Crippen molar-refractivity contribution < 1.29 is 19.3 Å². The van der Waals surface area contributed by atoms with Gasteiger partial charge >= 0.3 is 0 Å². The van der Waals surface area contributed by atoms with E-state index < -0.39 is 12.4 Å². The molecule has 45 heavy (non-hydrogen) atoms. The number of fused-ring (bicyclic) bond motifs is 2. The number of aliphatic hydroxyl groups excluding tert-OH is 1. The molecule has 5 aromatic rings. The summed E-state index contributed by atoms with van der Waals surface area (Å²) in [4.78, 5) is 15.8. The lowest BCUT2D eigenvalue weighted by Gasteiger charge is -2.44. The van der Waals surface area contributed by atoms with E-state index in [1.165, 1.54) is 16.2 Å². The lowest BCUT2D eigenvalue weighted by Crippen LogP contribution is -2.57. The van der Waals surface area contributed by atoms with Crippen LogP contribution in [0.15, 0.2) is 91.3 Å². The van der Waals surface area contributed by atoms with Gasteiger partial charge in [-0.1, -0.05) is 18.2 Å². The van der Waals surface area contributed by atoms with Crippen LogP contribution in [0.4, 0.5) is 0 Å². The molecule has 2 N–H and O–H groups in total. The van der Waals surface area contributed by atoms with Crippen molar-refractivity contribution in [2.75, 3.05) is 26.3 Å². The third kappa shape index (κ3) is 5.90. The van der Waals surface area contributed by atoms with Gasteiger partial charge in [-0.2, -0.15) is 0 Å². The van der Waals surface area contributed by atoms with Gasteiger partial charge in [0.2, 0.25) is 0 Å². The van der Waals surface area contributed by atoms with Crippen LogP contribution in [-0.4, -0.2) is 58.4 Å². The Balaban J connectivity index is 1.11. The monoisotopic (exact) mass is 638 g/mol. The first-order valence-corrected chi connectivity index (χ1v) is 17.1.